The SMILES string of the molecule is CNC(=O)[C@H](NC(=O)C(C)CC(C)C)C(C)(C)C(=O)OC(C)(C)C. The molecule has 6 nitrogen and oxygen atoms in total. The molecule has 0 fully saturated rings. The molecule has 0 heterocycles. The number of carbonyl (C=O) groups is 3. The smallest absolute Gasteiger partial charge is 0.314 e. The third-order valence-corrected chi connectivity index (χ3v) is 3.71. The number of likely N-dealkylation sites (N-methyl/N-ethyl adjacent to an activating group) is 1. The lowest BCUT2D eigenvalue weighted by Gasteiger charge is -2.34. The van der Waals surface area contributed by atoms with Gasteiger partial charge in [0.25, 0.3) is 0 Å². The second kappa shape index (κ2) is 8.49. The Labute approximate surface area is 146 Å². The van der Waals surface area contributed by atoms with Crippen LogP contribution >= 0.6 is 0 Å². The van der Waals surface area contributed by atoms with Crippen LogP contribution in [0.3, 0.4) is 0 Å². The predicted molar refractivity (Wildman–Crippen MR) is 94.2 cm³/mol. The average molecular weight is 342 g/mol. The van der Waals surface area contributed by atoms with Gasteiger partial charge in [-0.15, -0.1) is 0 Å². The van der Waals surface area contributed by atoms with Crippen LogP contribution in [0, 0.1) is 17.3 Å². The molecule has 6 heteroatoms. The molecule has 0 radical (unpaired) electrons. The lowest BCUT2D eigenvalue weighted by Crippen LogP contribution is -2.58. The van der Waals surface area contributed by atoms with Gasteiger partial charge >= 0.3 is 5.97 Å². The van der Waals surface area contributed by atoms with Crippen molar-refractivity contribution in [3.8, 4) is 0 Å². The predicted octanol–water partition coefficient (Wildman–Crippen LogP) is 2.27. The zero-order chi connectivity index (χ0) is 19.3. The summed E-state index contributed by atoms with van der Waals surface area (Å²) in [5.74, 6) is -1.07. The maximum atomic E-state index is 12.5. The van der Waals surface area contributed by atoms with E-state index in [1.54, 1.807) is 34.6 Å². The van der Waals surface area contributed by atoms with E-state index in [1.807, 2.05) is 20.8 Å². The largest absolute Gasteiger partial charge is 0.459 e. The van der Waals surface area contributed by atoms with Crippen molar-refractivity contribution in [3.05, 3.63) is 0 Å². The quantitative estimate of drug-likeness (QED) is 0.695. The van der Waals surface area contributed by atoms with Gasteiger partial charge in [0.05, 0.1) is 5.41 Å². The van der Waals surface area contributed by atoms with Crippen molar-refractivity contribution in [1.29, 1.82) is 0 Å². The molecule has 0 aliphatic rings. The molecule has 2 amide bonds. The van der Waals surface area contributed by atoms with Crippen LogP contribution in [0.1, 0.15) is 61.8 Å². The van der Waals surface area contributed by atoms with E-state index in [0.717, 1.165) is 0 Å². The monoisotopic (exact) mass is 342 g/mol. The minimum Gasteiger partial charge on any atom is -0.459 e. The summed E-state index contributed by atoms with van der Waals surface area (Å²) < 4.78 is 5.41. The number of nitrogens with one attached hydrogen (secondary N) is 2. The van der Waals surface area contributed by atoms with Crippen molar-refractivity contribution >= 4 is 17.8 Å². The van der Waals surface area contributed by atoms with Crippen LogP contribution in [-0.2, 0) is 19.1 Å². The van der Waals surface area contributed by atoms with Gasteiger partial charge in [-0.3, -0.25) is 14.4 Å². The van der Waals surface area contributed by atoms with Gasteiger partial charge in [-0.1, -0.05) is 20.8 Å². The Bertz CT molecular complexity index is 464. The minimum atomic E-state index is -1.19. The van der Waals surface area contributed by atoms with Gasteiger partial charge in [-0.05, 0) is 47.0 Å². The molecule has 0 aliphatic heterocycles. The van der Waals surface area contributed by atoms with Gasteiger partial charge in [0.15, 0.2) is 0 Å². The maximum Gasteiger partial charge on any atom is 0.314 e. The van der Waals surface area contributed by atoms with Crippen LogP contribution < -0.4 is 10.6 Å². The van der Waals surface area contributed by atoms with Gasteiger partial charge in [0, 0.05) is 13.0 Å². The number of rotatable bonds is 7. The first-order chi connectivity index (χ1) is 10.7. The highest BCUT2D eigenvalue weighted by molar-refractivity contribution is 5.94. The first kappa shape index (κ1) is 22.4. The molecule has 0 aromatic rings. The van der Waals surface area contributed by atoms with E-state index in [4.69, 9.17) is 4.74 Å². The van der Waals surface area contributed by atoms with Gasteiger partial charge < -0.3 is 15.4 Å². The lowest BCUT2D eigenvalue weighted by atomic mass is 9.83. The summed E-state index contributed by atoms with van der Waals surface area (Å²) in [6.07, 6.45) is 0.708. The molecule has 2 N–H and O–H groups in total. The summed E-state index contributed by atoms with van der Waals surface area (Å²) in [5, 5.41) is 5.24. The summed E-state index contributed by atoms with van der Waals surface area (Å²) in [5.41, 5.74) is -1.86. The van der Waals surface area contributed by atoms with E-state index in [1.165, 1.54) is 7.05 Å². The molecular formula is C18H34N2O4. The van der Waals surface area contributed by atoms with Crippen molar-refractivity contribution in [2.45, 2.75) is 73.5 Å². The summed E-state index contributed by atoms with van der Waals surface area (Å²) in [6, 6.07) is -1.00. The Balaban J connectivity index is 5.35. The molecule has 0 rings (SSSR count). The Morgan fingerprint density at radius 2 is 1.46 bits per heavy atom. The van der Waals surface area contributed by atoms with Crippen molar-refractivity contribution in [2.75, 3.05) is 7.05 Å². The van der Waals surface area contributed by atoms with Gasteiger partial charge in [-0.25, -0.2) is 0 Å². The molecule has 0 spiro atoms. The van der Waals surface area contributed by atoms with E-state index in [2.05, 4.69) is 10.6 Å². The second-order valence-corrected chi connectivity index (χ2v) is 8.31. The maximum absolute atomic E-state index is 12.5. The zero-order valence-corrected chi connectivity index (χ0v) is 16.6. The average Bonchev–Trinajstić information content (AvgIpc) is 2.40. The fraction of sp³-hybridized carbons (Fsp3) is 0.833. The number of carbonyl (C=O) groups excluding carboxylic acids is 3. The van der Waals surface area contributed by atoms with E-state index < -0.39 is 28.9 Å². The molecule has 140 valence electrons. The van der Waals surface area contributed by atoms with Gasteiger partial charge in [0.2, 0.25) is 11.8 Å². The molecule has 0 bridgehead atoms. The summed E-state index contributed by atoms with van der Waals surface area (Å²) in [6.45, 7) is 14.4. The topological polar surface area (TPSA) is 84.5 Å². The Morgan fingerprint density at radius 3 is 1.83 bits per heavy atom. The zero-order valence-electron chi connectivity index (χ0n) is 16.6. The molecule has 0 saturated carbocycles. The second-order valence-electron chi connectivity index (χ2n) is 8.31. The number of esters is 1. The van der Waals surface area contributed by atoms with Gasteiger partial charge in [0.1, 0.15) is 11.6 Å². The lowest BCUT2D eigenvalue weighted by molar-refractivity contribution is -0.169. The summed E-state index contributed by atoms with van der Waals surface area (Å²) in [7, 11) is 1.48. The Morgan fingerprint density at radius 1 is 0.958 bits per heavy atom. The highest BCUT2D eigenvalue weighted by atomic mass is 16.6. The Hall–Kier alpha value is -1.59. The van der Waals surface area contributed by atoms with Crippen LogP contribution in [0.15, 0.2) is 0 Å². The van der Waals surface area contributed by atoms with Crippen LogP contribution in [0.4, 0.5) is 0 Å². The first-order valence-electron chi connectivity index (χ1n) is 8.47. The molecule has 2 atom stereocenters. The standard InChI is InChI=1S/C18H34N2O4/c1-11(2)10-12(3)14(21)20-13(15(22)19-9)18(7,8)16(23)24-17(4,5)6/h11-13H,10H2,1-9H3,(H,19,22)(H,20,21)/t12?,13-/m0/s1. The van der Waals surface area contributed by atoms with Crippen molar-refractivity contribution in [1.82, 2.24) is 10.6 Å². The molecule has 0 aromatic carbocycles. The number of amides is 2. The van der Waals surface area contributed by atoms with Crippen LogP contribution in [0.2, 0.25) is 0 Å². The number of hydrogen-bond donors (Lipinski definition) is 2. The number of ether oxygens (including phenoxy) is 1. The van der Waals surface area contributed by atoms with Crippen LogP contribution in [0.5, 0.6) is 0 Å². The van der Waals surface area contributed by atoms with Gasteiger partial charge in [-0.2, -0.15) is 0 Å². The van der Waals surface area contributed by atoms with Crippen molar-refractivity contribution < 1.29 is 19.1 Å². The molecular weight excluding hydrogens is 308 g/mol. The molecule has 1 unspecified atom stereocenters. The van der Waals surface area contributed by atoms with E-state index in [-0.39, 0.29) is 11.8 Å². The summed E-state index contributed by atoms with van der Waals surface area (Å²) in [4.78, 5) is 37.2. The Kier molecular flexibility index (Phi) is 7.93. The van der Waals surface area contributed by atoms with Crippen molar-refractivity contribution in [3.63, 3.8) is 0 Å². The highest BCUT2D eigenvalue weighted by Gasteiger charge is 2.45. The highest BCUT2D eigenvalue weighted by Crippen LogP contribution is 2.26. The summed E-state index contributed by atoms with van der Waals surface area (Å²) >= 11 is 0. The molecule has 0 saturated heterocycles. The van der Waals surface area contributed by atoms with E-state index >= 15 is 0 Å². The molecule has 24 heavy (non-hydrogen) atoms. The van der Waals surface area contributed by atoms with Crippen LogP contribution in [0.25, 0.3) is 0 Å². The fourth-order valence-corrected chi connectivity index (χ4v) is 2.34. The first-order valence-corrected chi connectivity index (χ1v) is 8.47. The normalized spacial score (nSPS) is 14.8. The third-order valence-electron chi connectivity index (χ3n) is 3.71. The van der Waals surface area contributed by atoms with E-state index in [9.17, 15) is 14.4 Å². The molecule has 0 aromatic heterocycles. The molecule has 0 aliphatic carbocycles. The fourth-order valence-electron chi connectivity index (χ4n) is 2.34. The van der Waals surface area contributed by atoms with Crippen molar-refractivity contribution in [2.24, 2.45) is 17.3 Å². The van der Waals surface area contributed by atoms with Crippen LogP contribution in [-0.4, -0.2) is 36.5 Å². The number of hydrogen-bond acceptors (Lipinski definition) is 4. The third kappa shape index (κ3) is 6.89. The minimum absolute atomic E-state index is 0.242. The van der Waals surface area contributed by atoms with E-state index in [0.29, 0.717) is 12.3 Å².